The maximum atomic E-state index is 14.4. The molecule has 0 aromatic heterocycles. The maximum absolute atomic E-state index is 14.4. The lowest BCUT2D eigenvalue weighted by Gasteiger charge is -2.30. The number of hydrogen-bond acceptors (Lipinski definition) is 5. The highest BCUT2D eigenvalue weighted by atomic mass is 32.2. The summed E-state index contributed by atoms with van der Waals surface area (Å²) in [5.74, 6) is -2.11. The fourth-order valence-corrected chi connectivity index (χ4v) is 6.15. The van der Waals surface area contributed by atoms with Crippen LogP contribution in [0.25, 0.3) is 0 Å². The monoisotopic (exact) mass is 501 g/mol. The minimum atomic E-state index is -4.06. The molecule has 35 heavy (non-hydrogen) atoms. The van der Waals surface area contributed by atoms with Gasteiger partial charge in [-0.25, -0.2) is 17.1 Å². The van der Waals surface area contributed by atoms with Crippen molar-refractivity contribution in [3.63, 3.8) is 0 Å². The summed E-state index contributed by atoms with van der Waals surface area (Å²) in [7, 11) is -4.06. The van der Waals surface area contributed by atoms with Gasteiger partial charge >= 0.3 is 0 Å². The average Bonchev–Trinajstić information content (AvgIpc) is 3.41. The van der Waals surface area contributed by atoms with E-state index in [-0.39, 0.29) is 47.5 Å². The molecule has 1 heterocycles. The molecule has 10 heteroatoms. The van der Waals surface area contributed by atoms with Crippen molar-refractivity contribution in [2.75, 3.05) is 6.54 Å². The molecular formula is C25H28FN3O5S. The van der Waals surface area contributed by atoms with E-state index in [1.807, 2.05) is 0 Å². The lowest BCUT2D eigenvalue weighted by molar-refractivity contribution is -0.141. The Morgan fingerprint density at radius 1 is 1.11 bits per heavy atom. The molecule has 186 valence electrons. The average molecular weight is 502 g/mol. The zero-order valence-corrected chi connectivity index (χ0v) is 20.3. The van der Waals surface area contributed by atoms with E-state index in [9.17, 15) is 27.2 Å². The Morgan fingerprint density at radius 3 is 2.46 bits per heavy atom. The lowest BCUT2D eigenvalue weighted by atomic mass is 10.1. The molecule has 0 radical (unpaired) electrons. The Bertz CT molecular complexity index is 1240. The van der Waals surface area contributed by atoms with Gasteiger partial charge in [0.15, 0.2) is 0 Å². The van der Waals surface area contributed by atoms with E-state index in [0.717, 1.165) is 25.7 Å². The second-order valence-corrected chi connectivity index (χ2v) is 10.7. The SMILES string of the molecule is C[C@H](C(=O)NC1CCCC1)N(Cc1ccccc1F)C(=O)CCN1C(=O)c2ccccc2S1(=O)=O. The molecular weight excluding hydrogens is 473 g/mol. The van der Waals surface area contributed by atoms with Crippen LogP contribution in [0, 0.1) is 5.82 Å². The van der Waals surface area contributed by atoms with E-state index in [4.69, 9.17) is 0 Å². The summed E-state index contributed by atoms with van der Waals surface area (Å²) in [6, 6.07) is 11.0. The maximum Gasteiger partial charge on any atom is 0.269 e. The van der Waals surface area contributed by atoms with Crippen LogP contribution in [0.1, 0.15) is 54.9 Å². The topological polar surface area (TPSA) is 104 Å². The van der Waals surface area contributed by atoms with E-state index < -0.39 is 33.7 Å². The summed E-state index contributed by atoms with van der Waals surface area (Å²) in [4.78, 5) is 40.0. The van der Waals surface area contributed by atoms with Crippen LogP contribution in [0.5, 0.6) is 0 Å². The molecule has 1 aliphatic carbocycles. The summed E-state index contributed by atoms with van der Waals surface area (Å²) in [5, 5.41) is 2.96. The van der Waals surface area contributed by atoms with Gasteiger partial charge < -0.3 is 10.2 Å². The number of benzene rings is 2. The third-order valence-corrected chi connectivity index (χ3v) is 8.45. The fourth-order valence-electron chi connectivity index (χ4n) is 4.58. The van der Waals surface area contributed by atoms with Gasteiger partial charge in [0, 0.05) is 31.1 Å². The van der Waals surface area contributed by atoms with Crippen molar-refractivity contribution < 1.29 is 27.2 Å². The van der Waals surface area contributed by atoms with E-state index in [0.29, 0.717) is 4.31 Å². The van der Waals surface area contributed by atoms with Crippen LogP contribution in [-0.4, -0.2) is 54.0 Å². The molecule has 1 saturated carbocycles. The molecule has 0 spiro atoms. The Hall–Kier alpha value is -3.27. The second kappa shape index (κ2) is 10.2. The van der Waals surface area contributed by atoms with Gasteiger partial charge in [-0.2, -0.15) is 0 Å². The van der Waals surface area contributed by atoms with Crippen LogP contribution < -0.4 is 5.32 Å². The van der Waals surface area contributed by atoms with Gasteiger partial charge in [0.2, 0.25) is 11.8 Å². The van der Waals surface area contributed by atoms with Crippen LogP contribution in [0.2, 0.25) is 0 Å². The first-order valence-electron chi connectivity index (χ1n) is 11.7. The summed E-state index contributed by atoms with van der Waals surface area (Å²) in [6.07, 6.45) is 3.45. The highest BCUT2D eigenvalue weighted by molar-refractivity contribution is 7.90. The summed E-state index contributed by atoms with van der Waals surface area (Å²) in [6.45, 7) is 1.03. The van der Waals surface area contributed by atoms with Crippen LogP contribution in [-0.2, 0) is 26.2 Å². The number of sulfonamides is 1. The number of rotatable bonds is 8. The smallest absolute Gasteiger partial charge is 0.269 e. The number of nitrogens with zero attached hydrogens (tertiary/aromatic N) is 2. The normalized spacial score (nSPS) is 17.8. The van der Waals surface area contributed by atoms with Crippen molar-refractivity contribution in [3.05, 3.63) is 65.5 Å². The molecule has 3 amide bonds. The van der Waals surface area contributed by atoms with Crippen LogP contribution >= 0.6 is 0 Å². The van der Waals surface area contributed by atoms with Gasteiger partial charge in [-0.1, -0.05) is 43.2 Å². The van der Waals surface area contributed by atoms with Crippen LogP contribution in [0.15, 0.2) is 53.4 Å². The first-order chi connectivity index (χ1) is 16.7. The number of amides is 3. The summed E-state index contributed by atoms with van der Waals surface area (Å²) in [5.41, 5.74) is 0.297. The largest absolute Gasteiger partial charge is 0.352 e. The summed E-state index contributed by atoms with van der Waals surface area (Å²) >= 11 is 0. The number of nitrogens with one attached hydrogen (secondary N) is 1. The Kier molecular flexibility index (Phi) is 7.20. The van der Waals surface area contributed by atoms with Gasteiger partial charge in [-0.3, -0.25) is 14.4 Å². The van der Waals surface area contributed by atoms with Gasteiger partial charge in [0.05, 0.1) is 5.56 Å². The van der Waals surface area contributed by atoms with Crippen molar-refractivity contribution in [1.82, 2.24) is 14.5 Å². The van der Waals surface area contributed by atoms with Crippen molar-refractivity contribution in [1.29, 1.82) is 0 Å². The van der Waals surface area contributed by atoms with Crippen molar-refractivity contribution >= 4 is 27.7 Å². The number of carbonyl (C=O) groups excluding carboxylic acids is 3. The van der Waals surface area contributed by atoms with Crippen LogP contribution in [0.4, 0.5) is 4.39 Å². The van der Waals surface area contributed by atoms with Gasteiger partial charge in [-0.15, -0.1) is 0 Å². The van der Waals surface area contributed by atoms with Gasteiger partial charge in [0.25, 0.3) is 15.9 Å². The zero-order valence-electron chi connectivity index (χ0n) is 19.4. The minimum absolute atomic E-state index is 0.0428. The molecule has 2 aromatic carbocycles. The van der Waals surface area contributed by atoms with Gasteiger partial charge in [-0.05, 0) is 38.0 Å². The van der Waals surface area contributed by atoms with Crippen LogP contribution in [0.3, 0.4) is 0 Å². The molecule has 0 saturated heterocycles. The fraction of sp³-hybridized carbons (Fsp3) is 0.400. The molecule has 2 aliphatic rings. The predicted octanol–water partition coefficient (Wildman–Crippen LogP) is 2.84. The van der Waals surface area contributed by atoms with E-state index >= 15 is 0 Å². The minimum Gasteiger partial charge on any atom is -0.352 e. The summed E-state index contributed by atoms with van der Waals surface area (Å²) < 4.78 is 40.7. The van der Waals surface area contributed by atoms with Crippen molar-refractivity contribution in [2.45, 2.75) is 62.6 Å². The van der Waals surface area contributed by atoms with E-state index in [1.165, 1.54) is 41.3 Å². The molecule has 2 aromatic rings. The molecule has 1 atom stereocenters. The Balaban J connectivity index is 1.51. The standard InChI is InChI=1S/C25H28FN3O5S/c1-17(24(31)27-19-9-3-4-10-19)28(16-18-8-2-6-12-21(18)26)23(30)14-15-29-25(32)20-11-5-7-13-22(20)35(29,33)34/h2,5-8,11-13,17,19H,3-4,9-10,14-16H2,1H3,(H,27,31)/t17-/m1/s1. The van der Waals surface area contributed by atoms with Crippen molar-refractivity contribution in [3.8, 4) is 0 Å². The molecule has 8 nitrogen and oxygen atoms in total. The molecule has 0 unspecified atom stereocenters. The Morgan fingerprint density at radius 2 is 1.77 bits per heavy atom. The van der Waals surface area contributed by atoms with Gasteiger partial charge in [0.1, 0.15) is 16.8 Å². The number of hydrogen-bond donors (Lipinski definition) is 1. The predicted molar refractivity (Wildman–Crippen MR) is 126 cm³/mol. The van der Waals surface area contributed by atoms with E-state index in [2.05, 4.69) is 5.32 Å². The lowest BCUT2D eigenvalue weighted by Crippen LogP contribution is -2.50. The highest BCUT2D eigenvalue weighted by Crippen LogP contribution is 2.30. The second-order valence-electron chi connectivity index (χ2n) is 8.91. The Labute approximate surface area is 204 Å². The quantitative estimate of drug-likeness (QED) is 0.599. The molecule has 1 fully saturated rings. The third-order valence-electron chi connectivity index (χ3n) is 6.61. The van der Waals surface area contributed by atoms with Crippen molar-refractivity contribution in [2.24, 2.45) is 0 Å². The first kappa shape index (κ1) is 24.8. The van der Waals surface area contributed by atoms with E-state index in [1.54, 1.807) is 19.1 Å². The molecule has 4 rings (SSSR count). The number of halogens is 1. The molecule has 1 aliphatic heterocycles. The number of carbonyl (C=O) groups is 3. The third kappa shape index (κ3) is 5.07. The molecule has 1 N–H and O–H groups in total. The first-order valence-corrected chi connectivity index (χ1v) is 13.1. The zero-order chi connectivity index (χ0) is 25.2. The molecule has 0 bridgehead atoms. The highest BCUT2D eigenvalue weighted by Gasteiger charge is 2.41. The number of fused-ring (bicyclic) bond motifs is 1.